The maximum Gasteiger partial charge on any atom is 0.223 e. The minimum atomic E-state index is -0.245. The highest BCUT2D eigenvalue weighted by atomic mass is 32.1. The molecule has 1 aliphatic rings. The number of carbonyl (C=O) groups excluding carboxylic acids is 1. The lowest BCUT2D eigenvalue weighted by Crippen LogP contribution is -2.57. The number of amides is 1. The normalized spacial score (nSPS) is 20.1. The number of pyridine rings is 1. The summed E-state index contributed by atoms with van der Waals surface area (Å²) >= 11 is 1.57. The van der Waals surface area contributed by atoms with E-state index in [-0.39, 0.29) is 17.6 Å². The van der Waals surface area contributed by atoms with Gasteiger partial charge in [-0.3, -0.25) is 9.78 Å². The number of nitrogens with zero attached hydrogens (tertiary/aromatic N) is 3. The highest BCUT2D eigenvalue weighted by Gasteiger charge is 2.36. The molecule has 0 bridgehead atoms. The summed E-state index contributed by atoms with van der Waals surface area (Å²) in [6.45, 7) is 7.36. The molecule has 0 saturated carbocycles. The van der Waals surface area contributed by atoms with Crippen LogP contribution in [-0.4, -0.2) is 45.6 Å². The van der Waals surface area contributed by atoms with Crippen LogP contribution in [0.25, 0.3) is 10.7 Å². The van der Waals surface area contributed by atoms with E-state index in [4.69, 9.17) is 4.74 Å². The van der Waals surface area contributed by atoms with Gasteiger partial charge in [0.2, 0.25) is 5.91 Å². The van der Waals surface area contributed by atoms with E-state index in [9.17, 15) is 4.79 Å². The molecule has 0 spiro atoms. The highest BCUT2D eigenvalue weighted by Crippen LogP contribution is 2.25. The molecule has 0 aliphatic carbocycles. The van der Waals surface area contributed by atoms with E-state index in [2.05, 4.69) is 23.8 Å². The Morgan fingerprint density at radius 3 is 3.04 bits per heavy atom. The second kappa shape index (κ2) is 6.99. The number of aryl methyl sites for hydroxylation is 1. The molecule has 1 atom stereocenters. The van der Waals surface area contributed by atoms with Gasteiger partial charge in [-0.25, -0.2) is 4.98 Å². The number of morpholine rings is 1. The molecule has 3 rings (SSSR count). The first-order chi connectivity index (χ1) is 11.5. The molecule has 128 valence electrons. The lowest BCUT2D eigenvalue weighted by Gasteiger charge is -2.44. The number of rotatable bonds is 4. The Morgan fingerprint density at radius 1 is 1.46 bits per heavy atom. The van der Waals surface area contributed by atoms with Crippen LogP contribution in [0.3, 0.4) is 0 Å². The van der Waals surface area contributed by atoms with Crippen LogP contribution >= 0.6 is 11.3 Å². The van der Waals surface area contributed by atoms with E-state index < -0.39 is 0 Å². The lowest BCUT2D eigenvalue weighted by atomic mass is 10.00. The van der Waals surface area contributed by atoms with Crippen molar-refractivity contribution in [2.75, 3.05) is 13.2 Å². The third-order valence-electron chi connectivity index (χ3n) is 4.22. The molecule has 5 nitrogen and oxygen atoms in total. The van der Waals surface area contributed by atoms with Crippen LogP contribution in [0.2, 0.25) is 0 Å². The van der Waals surface area contributed by atoms with Gasteiger partial charge in [-0.2, -0.15) is 0 Å². The summed E-state index contributed by atoms with van der Waals surface area (Å²) in [7, 11) is 0. The minimum Gasteiger partial charge on any atom is -0.374 e. The van der Waals surface area contributed by atoms with Gasteiger partial charge in [0.1, 0.15) is 5.01 Å². The molecule has 1 aliphatic heterocycles. The number of ether oxygens (including phenoxy) is 1. The van der Waals surface area contributed by atoms with Crippen molar-refractivity contribution < 1.29 is 9.53 Å². The maximum absolute atomic E-state index is 12.6. The van der Waals surface area contributed by atoms with E-state index in [1.54, 1.807) is 17.5 Å². The van der Waals surface area contributed by atoms with Gasteiger partial charge in [-0.1, -0.05) is 6.07 Å². The third-order valence-corrected chi connectivity index (χ3v) is 5.14. The summed E-state index contributed by atoms with van der Waals surface area (Å²) in [5.74, 6) is 0.169. The van der Waals surface area contributed by atoms with Crippen molar-refractivity contribution >= 4 is 17.2 Å². The van der Waals surface area contributed by atoms with Crippen LogP contribution in [0.1, 0.15) is 32.9 Å². The molecule has 1 amide bonds. The summed E-state index contributed by atoms with van der Waals surface area (Å²) in [5, 5.41) is 2.92. The molecule has 0 radical (unpaired) electrons. The first-order valence-corrected chi connectivity index (χ1v) is 9.11. The molecular formula is C18H23N3O2S. The third kappa shape index (κ3) is 3.82. The van der Waals surface area contributed by atoms with Crippen molar-refractivity contribution in [1.29, 1.82) is 0 Å². The van der Waals surface area contributed by atoms with Crippen LogP contribution in [0.5, 0.6) is 0 Å². The van der Waals surface area contributed by atoms with Gasteiger partial charge in [0, 0.05) is 24.5 Å². The Labute approximate surface area is 146 Å². The number of thiazole rings is 1. The van der Waals surface area contributed by atoms with E-state index in [1.807, 2.05) is 35.4 Å². The molecule has 3 heterocycles. The van der Waals surface area contributed by atoms with Crippen molar-refractivity contribution in [2.45, 2.75) is 45.3 Å². The van der Waals surface area contributed by atoms with E-state index >= 15 is 0 Å². The SMILES string of the molecule is CC1CN(C(=O)CCc2csc(-c3ccccn3)n2)C(C)(C)CO1. The first kappa shape index (κ1) is 17.0. The van der Waals surface area contributed by atoms with Crippen LogP contribution in [0.4, 0.5) is 0 Å². The lowest BCUT2D eigenvalue weighted by molar-refractivity contribution is -0.152. The van der Waals surface area contributed by atoms with Gasteiger partial charge in [-0.05, 0) is 39.3 Å². The Bertz CT molecular complexity index is 699. The summed E-state index contributed by atoms with van der Waals surface area (Å²) in [5.41, 5.74) is 1.58. The molecule has 2 aromatic rings. The molecule has 6 heteroatoms. The zero-order chi connectivity index (χ0) is 17.2. The summed E-state index contributed by atoms with van der Waals surface area (Å²) in [6.07, 6.45) is 2.99. The summed E-state index contributed by atoms with van der Waals surface area (Å²) in [4.78, 5) is 23.5. The van der Waals surface area contributed by atoms with Crippen LogP contribution < -0.4 is 0 Å². The second-order valence-electron chi connectivity index (χ2n) is 6.80. The summed E-state index contributed by atoms with van der Waals surface area (Å²) < 4.78 is 5.68. The fraction of sp³-hybridized carbons (Fsp3) is 0.500. The number of carbonyl (C=O) groups is 1. The Balaban J connectivity index is 1.61. The zero-order valence-corrected chi connectivity index (χ0v) is 15.2. The Hall–Kier alpha value is -1.79. The fourth-order valence-electron chi connectivity index (χ4n) is 2.82. The predicted molar refractivity (Wildman–Crippen MR) is 94.9 cm³/mol. The van der Waals surface area contributed by atoms with Gasteiger partial charge in [0.05, 0.1) is 29.6 Å². The van der Waals surface area contributed by atoms with Crippen molar-refractivity contribution in [2.24, 2.45) is 0 Å². The summed E-state index contributed by atoms with van der Waals surface area (Å²) in [6, 6.07) is 5.79. The van der Waals surface area contributed by atoms with Crippen molar-refractivity contribution in [3.8, 4) is 10.7 Å². The largest absolute Gasteiger partial charge is 0.374 e. The topological polar surface area (TPSA) is 55.3 Å². The van der Waals surface area contributed by atoms with Crippen molar-refractivity contribution in [3.05, 3.63) is 35.5 Å². The van der Waals surface area contributed by atoms with Crippen molar-refractivity contribution in [3.63, 3.8) is 0 Å². The standard InChI is InChI=1S/C18H23N3O2S/c1-13-10-21(18(2,3)12-23-13)16(22)8-7-14-11-24-17(20-14)15-6-4-5-9-19-15/h4-6,9,11,13H,7-8,10,12H2,1-3H3. The highest BCUT2D eigenvalue weighted by molar-refractivity contribution is 7.13. The molecule has 0 aromatic carbocycles. The molecular weight excluding hydrogens is 322 g/mol. The average molecular weight is 345 g/mol. The Morgan fingerprint density at radius 2 is 2.29 bits per heavy atom. The predicted octanol–water partition coefficient (Wildman–Crippen LogP) is 3.16. The van der Waals surface area contributed by atoms with Gasteiger partial charge in [0.25, 0.3) is 0 Å². The monoisotopic (exact) mass is 345 g/mol. The minimum absolute atomic E-state index is 0.0944. The van der Waals surface area contributed by atoms with E-state index in [1.165, 1.54) is 0 Å². The van der Waals surface area contributed by atoms with E-state index in [0.717, 1.165) is 16.4 Å². The molecule has 1 unspecified atom stereocenters. The molecule has 1 saturated heterocycles. The van der Waals surface area contributed by atoms with Gasteiger partial charge in [0.15, 0.2) is 0 Å². The first-order valence-electron chi connectivity index (χ1n) is 8.23. The quantitative estimate of drug-likeness (QED) is 0.854. The fourth-order valence-corrected chi connectivity index (χ4v) is 3.65. The maximum atomic E-state index is 12.6. The number of hydrogen-bond acceptors (Lipinski definition) is 5. The molecule has 24 heavy (non-hydrogen) atoms. The van der Waals surface area contributed by atoms with Crippen LogP contribution in [0.15, 0.2) is 29.8 Å². The van der Waals surface area contributed by atoms with Crippen LogP contribution in [-0.2, 0) is 16.0 Å². The number of aromatic nitrogens is 2. The average Bonchev–Trinajstić information content (AvgIpc) is 3.05. The molecule has 2 aromatic heterocycles. The van der Waals surface area contributed by atoms with Crippen LogP contribution in [0, 0.1) is 0 Å². The van der Waals surface area contributed by atoms with E-state index in [0.29, 0.717) is 26.0 Å². The van der Waals surface area contributed by atoms with Gasteiger partial charge in [-0.15, -0.1) is 11.3 Å². The number of hydrogen-bond donors (Lipinski definition) is 0. The molecule has 0 N–H and O–H groups in total. The smallest absolute Gasteiger partial charge is 0.223 e. The van der Waals surface area contributed by atoms with Gasteiger partial charge >= 0.3 is 0 Å². The zero-order valence-electron chi connectivity index (χ0n) is 14.4. The molecule has 1 fully saturated rings. The van der Waals surface area contributed by atoms with Gasteiger partial charge < -0.3 is 9.64 Å². The van der Waals surface area contributed by atoms with Crippen molar-refractivity contribution in [1.82, 2.24) is 14.9 Å². The Kier molecular flexibility index (Phi) is 4.96. The second-order valence-corrected chi connectivity index (χ2v) is 7.66.